The normalized spacial score (nSPS) is 20.7. The van der Waals surface area contributed by atoms with E-state index in [2.05, 4.69) is 49.6 Å². The minimum absolute atomic E-state index is 0.0464. The van der Waals surface area contributed by atoms with E-state index in [4.69, 9.17) is 0 Å². The van der Waals surface area contributed by atoms with Gasteiger partial charge in [0.2, 0.25) is 5.96 Å². The fourth-order valence-corrected chi connectivity index (χ4v) is 2.00. The number of hydrogen-bond acceptors (Lipinski definition) is 3. The number of likely N-dealkylation sites (N-methyl/N-ethyl adjacent to an activating group) is 1. The highest BCUT2D eigenvalue weighted by molar-refractivity contribution is 6.00. The van der Waals surface area contributed by atoms with Crippen molar-refractivity contribution in [2.45, 2.75) is 26.4 Å². The molecule has 0 spiro atoms. The van der Waals surface area contributed by atoms with Crippen LogP contribution in [0, 0.1) is 6.92 Å². The Kier molecular flexibility index (Phi) is 4.09. The molecular formula is C13H22N6. The van der Waals surface area contributed by atoms with Crippen LogP contribution >= 0.6 is 0 Å². The first-order valence-electron chi connectivity index (χ1n) is 6.52. The summed E-state index contributed by atoms with van der Waals surface area (Å²) in [5.41, 5.74) is 2.44. The summed E-state index contributed by atoms with van der Waals surface area (Å²) in [6, 6.07) is 4.22. The molecule has 19 heavy (non-hydrogen) atoms. The van der Waals surface area contributed by atoms with Crippen molar-refractivity contribution in [1.29, 1.82) is 0 Å². The largest absolute Gasteiger partial charge is 0.362 e. The average molecular weight is 262 g/mol. The molecule has 3 N–H and O–H groups in total. The topological polar surface area (TPSA) is 67.8 Å². The molecule has 0 fully saturated rings. The first kappa shape index (κ1) is 13.5. The molecule has 2 rings (SSSR count). The maximum Gasteiger partial charge on any atom is 0.202 e. The Hall–Kier alpha value is -1.98. The summed E-state index contributed by atoms with van der Waals surface area (Å²) < 4.78 is 0. The molecule has 0 aliphatic carbocycles. The fraction of sp³-hybridized carbons (Fsp3) is 0.538. The number of H-pyrrole nitrogens is 1. The third-order valence-electron chi connectivity index (χ3n) is 3.09. The Labute approximate surface area is 114 Å². The number of aryl methyl sites for hydroxylation is 1. The van der Waals surface area contributed by atoms with Crippen LogP contribution in [0.2, 0.25) is 0 Å². The van der Waals surface area contributed by atoms with E-state index in [-0.39, 0.29) is 6.17 Å². The van der Waals surface area contributed by atoms with Crippen LogP contribution in [0.5, 0.6) is 0 Å². The van der Waals surface area contributed by atoms with Crippen molar-refractivity contribution >= 4 is 11.9 Å². The number of aromatic nitrogens is 1. The van der Waals surface area contributed by atoms with E-state index in [1.807, 2.05) is 14.0 Å². The Morgan fingerprint density at radius 2 is 2.21 bits per heavy atom. The fourth-order valence-electron chi connectivity index (χ4n) is 2.00. The lowest BCUT2D eigenvalue weighted by atomic mass is 10.3. The van der Waals surface area contributed by atoms with E-state index >= 15 is 0 Å². The van der Waals surface area contributed by atoms with E-state index < -0.39 is 0 Å². The van der Waals surface area contributed by atoms with Gasteiger partial charge in [0.1, 0.15) is 6.17 Å². The summed E-state index contributed by atoms with van der Waals surface area (Å²) in [6.07, 6.45) is 1.01. The molecule has 104 valence electrons. The predicted octanol–water partition coefficient (Wildman–Crippen LogP) is 0.678. The molecule has 0 bridgehead atoms. The van der Waals surface area contributed by atoms with Crippen molar-refractivity contribution in [3.05, 3.63) is 23.5 Å². The van der Waals surface area contributed by atoms with Crippen LogP contribution in [0.15, 0.2) is 22.1 Å². The SMILES string of the molecule is CN=C1NC(N(C)CCc2ccc(C)[nH]2)=NC(C)N1. The highest BCUT2D eigenvalue weighted by Gasteiger charge is 2.17. The molecule has 6 heteroatoms. The maximum atomic E-state index is 4.53. The standard InChI is InChI=1S/C13H22N6/c1-9-5-6-11(15-9)7-8-19(4)13-17-10(2)16-12(14-3)18-13/h5-6,10,15H,7-8H2,1-4H3,(H2,14,16,17,18). The molecule has 6 nitrogen and oxygen atoms in total. The predicted molar refractivity (Wildman–Crippen MR) is 78.4 cm³/mol. The summed E-state index contributed by atoms with van der Waals surface area (Å²) in [4.78, 5) is 14.1. The Morgan fingerprint density at radius 3 is 2.84 bits per heavy atom. The van der Waals surface area contributed by atoms with Gasteiger partial charge in [0.05, 0.1) is 0 Å². The zero-order valence-electron chi connectivity index (χ0n) is 12.0. The van der Waals surface area contributed by atoms with Crippen LogP contribution in [0.25, 0.3) is 0 Å². The third-order valence-corrected chi connectivity index (χ3v) is 3.09. The molecule has 0 saturated heterocycles. The van der Waals surface area contributed by atoms with Crippen molar-refractivity contribution in [2.75, 3.05) is 20.6 Å². The van der Waals surface area contributed by atoms with Gasteiger partial charge in [0.25, 0.3) is 0 Å². The van der Waals surface area contributed by atoms with Crippen LogP contribution in [-0.4, -0.2) is 48.6 Å². The van der Waals surface area contributed by atoms with Gasteiger partial charge < -0.3 is 15.2 Å². The number of guanidine groups is 2. The lowest BCUT2D eigenvalue weighted by Gasteiger charge is -2.28. The number of nitrogens with one attached hydrogen (secondary N) is 3. The second-order valence-electron chi connectivity index (χ2n) is 4.81. The smallest absolute Gasteiger partial charge is 0.202 e. The summed E-state index contributed by atoms with van der Waals surface area (Å²) in [5, 5.41) is 6.33. The first-order valence-corrected chi connectivity index (χ1v) is 6.52. The van der Waals surface area contributed by atoms with Crippen molar-refractivity contribution in [3.8, 4) is 0 Å². The highest BCUT2D eigenvalue weighted by Crippen LogP contribution is 2.03. The zero-order chi connectivity index (χ0) is 13.8. The molecule has 1 atom stereocenters. The van der Waals surface area contributed by atoms with Gasteiger partial charge in [-0.3, -0.25) is 10.3 Å². The number of nitrogens with zero attached hydrogens (tertiary/aromatic N) is 3. The number of aliphatic imine (C=N–C) groups is 2. The summed E-state index contributed by atoms with van der Waals surface area (Å²) in [7, 11) is 3.79. The summed E-state index contributed by atoms with van der Waals surface area (Å²) >= 11 is 0. The lowest BCUT2D eigenvalue weighted by molar-refractivity contribution is 0.477. The second kappa shape index (κ2) is 5.77. The van der Waals surface area contributed by atoms with Gasteiger partial charge in [-0.25, -0.2) is 4.99 Å². The van der Waals surface area contributed by atoms with Crippen LogP contribution in [0.3, 0.4) is 0 Å². The number of hydrogen-bond donors (Lipinski definition) is 3. The minimum atomic E-state index is 0.0464. The van der Waals surface area contributed by atoms with Gasteiger partial charge >= 0.3 is 0 Å². The molecule has 1 aromatic heterocycles. The molecule has 1 aliphatic heterocycles. The van der Waals surface area contributed by atoms with Gasteiger partial charge in [-0.1, -0.05) is 0 Å². The number of aromatic amines is 1. The Bertz CT molecular complexity index is 487. The Balaban J connectivity index is 1.94. The van der Waals surface area contributed by atoms with Crippen molar-refractivity contribution in [2.24, 2.45) is 9.98 Å². The van der Waals surface area contributed by atoms with Crippen LogP contribution < -0.4 is 10.6 Å². The van der Waals surface area contributed by atoms with Crippen LogP contribution in [0.1, 0.15) is 18.3 Å². The molecule has 0 saturated carbocycles. The molecular weight excluding hydrogens is 240 g/mol. The molecule has 1 aliphatic rings. The minimum Gasteiger partial charge on any atom is -0.362 e. The monoisotopic (exact) mass is 262 g/mol. The first-order chi connectivity index (χ1) is 9.08. The van der Waals surface area contributed by atoms with E-state index in [0.29, 0.717) is 0 Å². The third kappa shape index (κ3) is 3.49. The molecule has 0 radical (unpaired) electrons. The van der Waals surface area contributed by atoms with Crippen molar-refractivity contribution < 1.29 is 0 Å². The van der Waals surface area contributed by atoms with E-state index in [1.165, 1.54) is 11.4 Å². The highest BCUT2D eigenvalue weighted by atomic mass is 15.4. The van der Waals surface area contributed by atoms with Gasteiger partial charge in [0, 0.05) is 38.4 Å². The summed E-state index contributed by atoms with van der Waals surface area (Å²) in [5.74, 6) is 1.62. The molecule has 0 amide bonds. The Morgan fingerprint density at radius 1 is 1.42 bits per heavy atom. The van der Waals surface area contributed by atoms with Gasteiger partial charge in [0.15, 0.2) is 5.96 Å². The molecule has 2 heterocycles. The second-order valence-corrected chi connectivity index (χ2v) is 4.81. The van der Waals surface area contributed by atoms with Crippen LogP contribution in [0.4, 0.5) is 0 Å². The number of rotatable bonds is 3. The maximum absolute atomic E-state index is 4.53. The molecule has 1 unspecified atom stereocenters. The lowest BCUT2D eigenvalue weighted by Crippen LogP contribution is -2.54. The molecule has 1 aromatic rings. The van der Waals surface area contributed by atoms with Crippen molar-refractivity contribution in [3.63, 3.8) is 0 Å². The van der Waals surface area contributed by atoms with Crippen molar-refractivity contribution in [1.82, 2.24) is 20.5 Å². The zero-order valence-corrected chi connectivity index (χ0v) is 12.0. The quantitative estimate of drug-likeness (QED) is 0.750. The van der Waals surface area contributed by atoms with Crippen LogP contribution in [-0.2, 0) is 6.42 Å². The van der Waals surface area contributed by atoms with E-state index in [9.17, 15) is 0 Å². The van der Waals surface area contributed by atoms with Gasteiger partial charge in [-0.2, -0.15) is 0 Å². The summed E-state index contributed by atoms with van der Waals surface area (Å²) in [6.45, 7) is 4.97. The van der Waals surface area contributed by atoms with Gasteiger partial charge in [-0.05, 0) is 26.0 Å². The molecule has 0 aromatic carbocycles. The van der Waals surface area contributed by atoms with E-state index in [0.717, 1.165) is 24.9 Å². The van der Waals surface area contributed by atoms with E-state index in [1.54, 1.807) is 7.05 Å². The average Bonchev–Trinajstić information content (AvgIpc) is 2.81. The van der Waals surface area contributed by atoms with Gasteiger partial charge in [-0.15, -0.1) is 0 Å².